The molecule has 2 aromatic rings. The van der Waals surface area contributed by atoms with Gasteiger partial charge >= 0.3 is 0 Å². The smallest absolute Gasteiger partial charge is 0.232 e. The molecular formula is C14Br8F2O2S2. The lowest BCUT2D eigenvalue weighted by Gasteiger charge is -2.12. The highest BCUT2D eigenvalue weighted by atomic mass is 79.9. The first-order chi connectivity index (χ1) is 12.9. The van der Waals surface area contributed by atoms with Gasteiger partial charge in [0.1, 0.15) is 0 Å². The van der Waals surface area contributed by atoms with Gasteiger partial charge in [0.25, 0.3) is 0 Å². The van der Waals surface area contributed by atoms with Crippen LogP contribution in [0.4, 0.5) is 8.78 Å². The van der Waals surface area contributed by atoms with E-state index in [0.717, 1.165) is 0 Å². The molecule has 150 valence electrons. The molecule has 0 radical (unpaired) electrons. The second-order valence-electron chi connectivity index (χ2n) is 4.63. The lowest BCUT2D eigenvalue weighted by molar-refractivity contribution is 0.107. The number of halogens is 10. The van der Waals surface area contributed by atoms with E-state index in [4.69, 9.17) is 0 Å². The van der Waals surface area contributed by atoms with Crippen LogP contribution in [0.3, 0.4) is 0 Å². The second-order valence-corrected chi connectivity index (χ2v) is 13.1. The van der Waals surface area contributed by atoms with Gasteiger partial charge in [-0.15, -0.1) is 0 Å². The first-order valence-electron chi connectivity index (χ1n) is 6.37. The summed E-state index contributed by atoms with van der Waals surface area (Å²) in [6.07, 6.45) is 0. The molecule has 28 heavy (non-hydrogen) atoms. The third-order valence-electron chi connectivity index (χ3n) is 3.02. The molecule has 0 aliphatic carbocycles. The summed E-state index contributed by atoms with van der Waals surface area (Å²) >= 11 is 25.0. The third kappa shape index (κ3) is 5.22. The third-order valence-corrected chi connectivity index (χ3v) is 13.3. The Kier molecular flexibility index (Phi) is 10.3. The van der Waals surface area contributed by atoms with Crippen molar-refractivity contribution in [3.8, 4) is 0 Å². The summed E-state index contributed by atoms with van der Waals surface area (Å²) in [6.45, 7) is 0. The van der Waals surface area contributed by atoms with Gasteiger partial charge in [-0.05, 0) is 149 Å². The normalized spacial score (nSPS) is 11.1. The van der Waals surface area contributed by atoms with Gasteiger partial charge in [-0.1, -0.05) is 0 Å². The van der Waals surface area contributed by atoms with Crippen LogP contribution >= 0.6 is 149 Å². The SMILES string of the molecule is O=C(SSC(=O)c1c(Br)c(Br)c(F)c(Br)c1Br)c1c(Br)c(Br)c(F)c(Br)c1Br. The molecule has 0 saturated carbocycles. The predicted octanol–water partition coefficient (Wildman–Crippen LogP) is 10.4. The van der Waals surface area contributed by atoms with E-state index in [2.05, 4.69) is 127 Å². The highest BCUT2D eigenvalue weighted by Crippen LogP contribution is 2.46. The zero-order valence-corrected chi connectivity index (χ0v) is 26.7. The van der Waals surface area contributed by atoms with Crippen molar-refractivity contribution in [1.29, 1.82) is 0 Å². The first-order valence-corrected chi connectivity index (χ1v) is 14.9. The maximum atomic E-state index is 14.0. The van der Waals surface area contributed by atoms with E-state index in [1.165, 1.54) is 0 Å². The number of carbonyl (C=O) groups excluding carboxylic acids is 2. The molecule has 0 aliphatic heterocycles. The molecular weight excluding hydrogens is 942 g/mol. The van der Waals surface area contributed by atoms with Crippen molar-refractivity contribution in [2.24, 2.45) is 0 Å². The number of carbonyl (C=O) groups is 2. The van der Waals surface area contributed by atoms with Gasteiger partial charge in [0.05, 0.1) is 29.0 Å². The molecule has 0 heterocycles. The van der Waals surface area contributed by atoms with Gasteiger partial charge in [-0.3, -0.25) is 9.59 Å². The molecule has 0 saturated heterocycles. The van der Waals surface area contributed by atoms with Crippen molar-refractivity contribution >= 4 is 159 Å². The minimum Gasteiger partial charge on any atom is -0.281 e. The fourth-order valence-corrected chi connectivity index (χ4v) is 8.79. The molecule has 2 nitrogen and oxygen atoms in total. The monoisotopic (exact) mass is 933 g/mol. The average Bonchev–Trinajstić information content (AvgIpc) is 2.66. The van der Waals surface area contributed by atoms with Crippen molar-refractivity contribution in [3.63, 3.8) is 0 Å². The maximum Gasteiger partial charge on any atom is 0.232 e. The summed E-state index contributed by atoms with van der Waals surface area (Å²) < 4.78 is 29.2. The fourth-order valence-electron chi connectivity index (χ4n) is 1.73. The maximum absolute atomic E-state index is 14.0. The van der Waals surface area contributed by atoms with Crippen LogP contribution in [0.1, 0.15) is 20.7 Å². The van der Waals surface area contributed by atoms with Gasteiger partial charge < -0.3 is 0 Å². The largest absolute Gasteiger partial charge is 0.281 e. The van der Waals surface area contributed by atoms with Gasteiger partial charge in [-0.2, -0.15) is 0 Å². The molecule has 0 aromatic heterocycles. The van der Waals surface area contributed by atoms with Crippen LogP contribution in [0, 0.1) is 11.6 Å². The van der Waals surface area contributed by atoms with Crippen LogP contribution in [0.25, 0.3) is 0 Å². The summed E-state index contributed by atoms with van der Waals surface area (Å²) in [7, 11) is 1.31. The van der Waals surface area contributed by atoms with Gasteiger partial charge in [-0.25, -0.2) is 8.78 Å². The van der Waals surface area contributed by atoms with Gasteiger partial charge in [0.2, 0.25) is 10.2 Å². The van der Waals surface area contributed by atoms with Gasteiger partial charge in [0, 0.05) is 17.9 Å². The summed E-state index contributed by atoms with van der Waals surface area (Å²) in [5.41, 5.74) is 0.287. The fraction of sp³-hybridized carbons (Fsp3) is 0. The molecule has 0 amide bonds. The molecule has 0 aliphatic rings. The molecule has 2 rings (SSSR count). The molecule has 0 fully saturated rings. The topological polar surface area (TPSA) is 34.1 Å². The molecule has 0 unspecified atom stereocenters. The van der Waals surface area contributed by atoms with Crippen LogP contribution < -0.4 is 0 Å². The molecule has 0 atom stereocenters. The van der Waals surface area contributed by atoms with E-state index in [-0.39, 0.29) is 46.9 Å². The van der Waals surface area contributed by atoms with E-state index in [1.54, 1.807) is 0 Å². The Bertz CT molecular complexity index is 892. The Hall–Kier alpha value is 2.18. The summed E-state index contributed by atoms with van der Waals surface area (Å²) in [5.74, 6) is -1.17. The average molecular weight is 942 g/mol. The molecule has 0 N–H and O–H groups in total. The molecule has 0 spiro atoms. The summed E-state index contributed by atoms with van der Waals surface area (Å²) in [4.78, 5) is 25.3. The predicted molar refractivity (Wildman–Crippen MR) is 138 cm³/mol. The number of hydrogen-bond donors (Lipinski definition) is 0. The highest BCUT2D eigenvalue weighted by Gasteiger charge is 2.28. The van der Waals surface area contributed by atoms with Crippen LogP contribution in [0.5, 0.6) is 0 Å². The van der Waals surface area contributed by atoms with E-state index in [0.29, 0.717) is 21.6 Å². The van der Waals surface area contributed by atoms with Crippen molar-refractivity contribution in [1.82, 2.24) is 0 Å². The number of rotatable bonds is 2. The lowest BCUT2D eigenvalue weighted by atomic mass is 10.2. The molecule has 14 heteroatoms. The first kappa shape index (κ1) is 26.4. The standard InChI is InChI=1S/C14Br8F2O2S2/c15-3-1(4(16)8(20)11(23)7(3)19)13(25)27-28-14(26)2-5(17)9(21)12(24)10(22)6(2)18. The minimum atomic E-state index is -0.585. The zero-order valence-electron chi connectivity index (χ0n) is 12.4. The van der Waals surface area contributed by atoms with E-state index in [9.17, 15) is 18.4 Å². The van der Waals surface area contributed by atoms with Crippen molar-refractivity contribution in [2.45, 2.75) is 0 Å². The minimum absolute atomic E-state index is 0.0692. The van der Waals surface area contributed by atoms with E-state index >= 15 is 0 Å². The van der Waals surface area contributed by atoms with Gasteiger partial charge in [0.15, 0.2) is 11.6 Å². The second kappa shape index (κ2) is 10.9. The molecule has 0 bridgehead atoms. The van der Waals surface area contributed by atoms with Crippen LogP contribution in [0.2, 0.25) is 0 Å². The van der Waals surface area contributed by atoms with E-state index < -0.39 is 21.9 Å². The zero-order chi connectivity index (χ0) is 21.5. The molecule has 2 aromatic carbocycles. The van der Waals surface area contributed by atoms with E-state index in [1.807, 2.05) is 0 Å². The Morgan fingerprint density at radius 3 is 0.929 bits per heavy atom. The van der Waals surface area contributed by atoms with Crippen molar-refractivity contribution < 1.29 is 18.4 Å². The lowest BCUT2D eigenvalue weighted by Crippen LogP contribution is -2.03. The van der Waals surface area contributed by atoms with Crippen molar-refractivity contribution in [3.05, 3.63) is 58.5 Å². The Morgan fingerprint density at radius 1 is 0.500 bits per heavy atom. The summed E-state index contributed by atoms with van der Waals surface area (Å²) in [5, 5.41) is -0.989. The van der Waals surface area contributed by atoms with Crippen LogP contribution in [0.15, 0.2) is 35.8 Å². The number of hydrogen-bond acceptors (Lipinski definition) is 4. The number of benzene rings is 2. The summed E-state index contributed by atoms with van der Waals surface area (Å²) in [6, 6.07) is 0. The highest BCUT2D eigenvalue weighted by molar-refractivity contribution is 9.14. The van der Waals surface area contributed by atoms with Crippen LogP contribution in [-0.2, 0) is 0 Å². The Labute approximate surface area is 232 Å². The Balaban J connectivity index is 2.34. The van der Waals surface area contributed by atoms with Crippen molar-refractivity contribution in [2.75, 3.05) is 0 Å². The Morgan fingerprint density at radius 2 is 0.714 bits per heavy atom. The quantitative estimate of drug-likeness (QED) is 0.171. The van der Waals surface area contributed by atoms with Crippen LogP contribution in [-0.4, -0.2) is 10.2 Å².